The SMILES string of the molecule is [2H]c1nc(NS(=O)(=O)NC([2H])([2H])C([2H])([2H])C([2H])([2H])[2H])c(-c2ccc(Br)cc2)c(OCC([2H])([2H])Oc2nc([2H])c(Br)c([2H])n2)n1. The first kappa shape index (κ1) is 12.8. The van der Waals surface area contributed by atoms with Crippen molar-refractivity contribution in [1.82, 2.24) is 24.7 Å². The van der Waals surface area contributed by atoms with E-state index >= 15 is 0 Å². The van der Waals surface area contributed by atoms with E-state index in [9.17, 15) is 8.42 Å². The molecule has 0 aliphatic carbocycles. The Balaban J connectivity index is 2.01. The van der Waals surface area contributed by atoms with Gasteiger partial charge in [-0.05, 0) is 40.0 Å². The van der Waals surface area contributed by atoms with E-state index in [-0.39, 0.29) is 15.6 Å². The minimum absolute atomic E-state index is 0.0585. The standard InChI is InChI=1S/C19H20Br2N6O4S/c1-2-7-26-32(28,29)27-17-16(13-3-5-14(20)6-4-13)18(25-12-24-17)30-8-9-31-19-22-10-15(21)11-23-19/h3-6,10-12,26H,2,7-9H2,1H3,(H,24,25,27)/i1D3,2D2,7D2,9D2,10D,11D,12D. The maximum atomic E-state index is 12.9. The fraction of sp³-hybridized carbons (Fsp3) is 0.263. The second-order valence-electron chi connectivity index (χ2n) is 5.40. The molecule has 0 aliphatic heterocycles. The highest BCUT2D eigenvalue weighted by molar-refractivity contribution is 9.10. The average molecular weight is 600 g/mol. The van der Waals surface area contributed by atoms with Crippen molar-refractivity contribution in [3.63, 3.8) is 0 Å². The molecule has 0 saturated heterocycles. The largest absolute Gasteiger partial charge is 0.473 e. The maximum absolute atomic E-state index is 12.9. The Hall–Kier alpha value is -2.35. The maximum Gasteiger partial charge on any atom is 0.316 e. The lowest BCUT2D eigenvalue weighted by atomic mass is 10.1. The van der Waals surface area contributed by atoms with Gasteiger partial charge >= 0.3 is 6.01 Å². The normalized spacial score (nSPS) is 18.4. The van der Waals surface area contributed by atoms with Crippen molar-refractivity contribution in [2.45, 2.75) is 13.2 Å². The van der Waals surface area contributed by atoms with Crippen LogP contribution in [-0.2, 0) is 10.2 Å². The number of anilines is 1. The third-order valence-electron chi connectivity index (χ3n) is 3.31. The molecule has 13 heteroatoms. The summed E-state index contributed by atoms with van der Waals surface area (Å²) in [6.45, 7) is -11.0. The Morgan fingerprint density at radius 2 is 1.84 bits per heavy atom. The van der Waals surface area contributed by atoms with Crippen molar-refractivity contribution in [1.29, 1.82) is 0 Å². The lowest BCUT2D eigenvalue weighted by Crippen LogP contribution is -2.31. The van der Waals surface area contributed by atoms with E-state index in [0.717, 1.165) is 0 Å². The molecule has 0 spiro atoms. The van der Waals surface area contributed by atoms with Crippen LogP contribution in [0.1, 0.15) is 29.7 Å². The lowest BCUT2D eigenvalue weighted by Gasteiger charge is -2.15. The Bertz CT molecular complexity index is 1630. The van der Waals surface area contributed by atoms with Gasteiger partial charge in [-0.3, -0.25) is 4.72 Å². The van der Waals surface area contributed by atoms with Crippen LogP contribution < -0.4 is 18.9 Å². The lowest BCUT2D eigenvalue weighted by molar-refractivity contribution is 0.202. The Labute approximate surface area is 219 Å². The molecule has 32 heavy (non-hydrogen) atoms. The van der Waals surface area contributed by atoms with Crippen LogP contribution in [0.5, 0.6) is 11.9 Å². The topological polar surface area (TPSA) is 128 Å². The van der Waals surface area contributed by atoms with Gasteiger partial charge in [0.25, 0.3) is 10.2 Å². The summed E-state index contributed by atoms with van der Waals surface area (Å²) in [5.74, 6) is -1.26. The van der Waals surface area contributed by atoms with Crippen LogP contribution in [0, 0.1) is 0 Å². The summed E-state index contributed by atoms with van der Waals surface area (Å²) >= 11 is 6.17. The number of nitrogens with zero attached hydrogens (tertiary/aromatic N) is 4. The molecule has 2 heterocycles. The van der Waals surface area contributed by atoms with Gasteiger partial charge in [-0.15, -0.1) is 0 Å². The average Bonchev–Trinajstić information content (AvgIpc) is 2.84. The van der Waals surface area contributed by atoms with Crippen LogP contribution in [-0.4, -0.2) is 48.0 Å². The molecule has 10 nitrogen and oxygen atoms in total. The van der Waals surface area contributed by atoms with E-state index < -0.39 is 79.5 Å². The molecule has 2 aromatic heterocycles. The summed E-state index contributed by atoms with van der Waals surface area (Å²) < 4.78 is 132. The summed E-state index contributed by atoms with van der Waals surface area (Å²) in [7, 11) is -5.16. The number of nitrogens with one attached hydrogen (secondary N) is 2. The Kier molecular flexibility index (Phi) is 4.59. The van der Waals surface area contributed by atoms with Gasteiger partial charge in [0.2, 0.25) is 5.88 Å². The first-order valence-electron chi connectivity index (χ1n) is 14.2. The molecule has 3 rings (SSSR count). The highest BCUT2D eigenvalue weighted by Crippen LogP contribution is 2.34. The second kappa shape index (κ2) is 11.5. The number of ether oxygens (including phenoxy) is 2. The fourth-order valence-corrected chi connectivity index (χ4v) is 3.20. The number of halogens is 2. The molecule has 0 radical (unpaired) electrons. The molecule has 0 atom stereocenters. The molecule has 0 fully saturated rings. The van der Waals surface area contributed by atoms with Crippen LogP contribution in [0.4, 0.5) is 5.82 Å². The predicted molar refractivity (Wildman–Crippen MR) is 127 cm³/mol. The molecular formula is C19H20Br2N6O4S. The zero-order chi connectivity index (χ0) is 33.5. The molecule has 0 amide bonds. The minimum Gasteiger partial charge on any atom is -0.473 e. The molecule has 0 aliphatic rings. The number of benzene rings is 1. The first-order chi connectivity index (χ1) is 19.9. The van der Waals surface area contributed by atoms with E-state index in [1.165, 1.54) is 29.0 Å². The van der Waals surface area contributed by atoms with Crippen molar-refractivity contribution in [3.8, 4) is 23.0 Å². The van der Waals surface area contributed by atoms with Crippen LogP contribution in [0.2, 0.25) is 0 Å². The quantitative estimate of drug-likeness (QED) is 0.342. The monoisotopic (exact) mass is 598 g/mol. The molecule has 1 aromatic carbocycles. The number of hydrogen-bond donors (Lipinski definition) is 2. The van der Waals surface area contributed by atoms with Crippen molar-refractivity contribution in [3.05, 3.63) is 51.9 Å². The van der Waals surface area contributed by atoms with E-state index in [0.29, 0.717) is 4.47 Å². The highest BCUT2D eigenvalue weighted by atomic mass is 79.9. The van der Waals surface area contributed by atoms with E-state index in [1.54, 1.807) is 0 Å². The summed E-state index contributed by atoms with van der Waals surface area (Å²) in [5.41, 5.74) is -0.131. The van der Waals surface area contributed by atoms with Gasteiger partial charge in [-0.25, -0.2) is 19.9 Å². The van der Waals surface area contributed by atoms with Crippen molar-refractivity contribution < 1.29 is 34.3 Å². The van der Waals surface area contributed by atoms with E-state index in [2.05, 4.69) is 51.8 Å². The van der Waals surface area contributed by atoms with Crippen molar-refractivity contribution >= 4 is 47.9 Å². The van der Waals surface area contributed by atoms with Gasteiger partial charge in [0, 0.05) is 32.9 Å². The van der Waals surface area contributed by atoms with Gasteiger partial charge in [0.1, 0.15) is 20.8 Å². The third-order valence-corrected chi connectivity index (χ3v) is 5.02. The van der Waals surface area contributed by atoms with E-state index in [1.807, 2.05) is 4.72 Å². The van der Waals surface area contributed by atoms with Crippen LogP contribution in [0.3, 0.4) is 0 Å². The molecule has 3 aromatic rings. The fourth-order valence-electron chi connectivity index (χ4n) is 2.12. The molecule has 0 unspecified atom stereocenters. The summed E-state index contributed by atoms with van der Waals surface area (Å²) in [6, 6.07) is 5.25. The molecule has 0 saturated carbocycles. The molecular weight excluding hydrogens is 568 g/mol. The van der Waals surface area contributed by atoms with Gasteiger partial charge in [-0.1, -0.05) is 34.9 Å². The van der Waals surface area contributed by atoms with Crippen LogP contribution in [0.15, 0.2) is 51.9 Å². The first-order valence-corrected chi connectivity index (χ1v) is 11.3. The summed E-state index contributed by atoms with van der Waals surface area (Å²) in [4.78, 5) is 14.7. The molecule has 2 N–H and O–H groups in total. The van der Waals surface area contributed by atoms with Gasteiger partial charge in [0.15, 0.2) is 5.82 Å². The molecule has 0 bridgehead atoms. The third kappa shape index (κ3) is 7.08. The second-order valence-corrected chi connectivity index (χ2v) is 8.52. The number of aromatic nitrogens is 4. The van der Waals surface area contributed by atoms with E-state index in [4.69, 9.17) is 25.9 Å². The smallest absolute Gasteiger partial charge is 0.316 e. The summed E-state index contributed by atoms with van der Waals surface area (Å²) in [6.07, 6.45) is -5.44. The van der Waals surface area contributed by atoms with Crippen molar-refractivity contribution in [2.24, 2.45) is 0 Å². The number of rotatable bonds is 11. The van der Waals surface area contributed by atoms with Gasteiger partial charge < -0.3 is 9.47 Å². The highest BCUT2D eigenvalue weighted by Gasteiger charge is 2.19. The zero-order valence-electron chi connectivity index (χ0n) is 27.6. The Morgan fingerprint density at radius 3 is 2.56 bits per heavy atom. The van der Waals surface area contributed by atoms with Gasteiger partial charge in [0.05, 0.1) is 15.5 Å². The van der Waals surface area contributed by atoms with Crippen molar-refractivity contribution in [2.75, 3.05) is 24.4 Å². The number of hydrogen-bond acceptors (Lipinski definition) is 8. The zero-order valence-corrected chi connectivity index (χ0v) is 19.6. The Morgan fingerprint density at radius 1 is 1.09 bits per heavy atom. The predicted octanol–water partition coefficient (Wildman–Crippen LogP) is 3.57. The minimum atomic E-state index is -5.16. The van der Waals surface area contributed by atoms with Crippen LogP contribution in [0.25, 0.3) is 11.1 Å². The summed E-state index contributed by atoms with van der Waals surface area (Å²) in [5, 5.41) is 0. The van der Waals surface area contributed by atoms with Crippen LogP contribution >= 0.6 is 31.9 Å². The molecule has 170 valence electrons. The van der Waals surface area contributed by atoms with Gasteiger partial charge in [-0.2, -0.15) is 13.1 Å².